The number of anilines is 1. The van der Waals surface area contributed by atoms with E-state index in [1.165, 1.54) is 5.69 Å². The van der Waals surface area contributed by atoms with Gasteiger partial charge in [-0.25, -0.2) is 0 Å². The number of rotatable bonds is 2. The lowest BCUT2D eigenvalue weighted by atomic mass is 10.1. The quantitative estimate of drug-likeness (QED) is 0.819. The first-order valence-electron chi connectivity index (χ1n) is 6.62. The Morgan fingerprint density at radius 2 is 1.74 bits per heavy atom. The van der Waals surface area contributed by atoms with Crippen LogP contribution in [0.3, 0.4) is 0 Å². The van der Waals surface area contributed by atoms with Gasteiger partial charge in [0.1, 0.15) is 0 Å². The standard InChI is InChI=1S/C15H18N4/c1-18-5-7-19(8-6-18)15-9-14(11-17-12-15)13-3-2-4-16-10-13/h2-4,9-12H,5-8H2,1H3. The molecule has 1 saturated heterocycles. The highest BCUT2D eigenvalue weighted by molar-refractivity contribution is 5.66. The van der Waals surface area contributed by atoms with E-state index < -0.39 is 0 Å². The molecule has 4 heteroatoms. The lowest BCUT2D eigenvalue weighted by Crippen LogP contribution is -2.44. The van der Waals surface area contributed by atoms with E-state index in [1.54, 1.807) is 6.20 Å². The van der Waals surface area contributed by atoms with E-state index in [4.69, 9.17) is 0 Å². The molecule has 2 aromatic heterocycles. The largest absolute Gasteiger partial charge is 0.368 e. The summed E-state index contributed by atoms with van der Waals surface area (Å²) in [6, 6.07) is 6.23. The van der Waals surface area contributed by atoms with Gasteiger partial charge in [-0.2, -0.15) is 0 Å². The van der Waals surface area contributed by atoms with Crippen molar-refractivity contribution in [3.05, 3.63) is 43.0 Å². The van der Waals surface area contributed by atoms with E-state index in [2.05, 4.69) is 38.9 Å². The lowest BCUT2D eigenvalue weighted by molar-refractivity contribution is 0.313. The molecule has 0 aromatic carbocycles. The molecule has 19 heavy (non-hydrogen) atoms. The van der Waals surface area contributed by atoms with E-state index >= 15 is 0 Å². The average Bonchev–Trinajstić information content (AvgIpc) is 2.49. The molecular formula is C15H18N4. The van der Waals surface area contributed by atoms with Crippen molar-refractivity contribution in [2.45, 2.75) is 0 Å². The van der Waals surface area contributed by atoms with Gasteiger partial charge in [-0.3, -0.25) is 9.97 Å². The van der Waals surface area contributed by atoms with E-state index in [1.807, 2.05) is 24.7 Å². The number of piperazine rings is 1. The maximum atomic E-state index is 4.37. The number of pyridine rings is 2. The number of hydrogen-bond donors (Lipinski definition) is 0. The molecule has 0 N–H and O–H groups in total. The van der Waals surface area contributed by atoms with Crippen molar-refractivity contribution in [2.75, 3.05) is 38.1 Å². The second kappa shape index (κ2) is 5.36. The fourth-order valence-electron chi connectivity index (χ4n) is 2.36. The Morgan fingerprint density at radius 3 is 2.47 bits per heavy atom. The van der Waals surface area contributed by atoms with E-state index in [0.717, 1.165) is 37.3 Å². The molecule has 0 spiro atoms. The van der Waals surface area contributed by atoms with Crippen LogP contribution in [0.4, 0.5) is 5.69 Å². The molecule has 0 amide bonds. The fourth-order valence-corrected chi connectivity index (χ4v) is 2.36. The monoisotopic (exact) mass is 254 g/mol. The maximum absolute atomic E-state index is 4.37. The molecule has 1 aliphatic heterocycles. The predicted octanol–water partition coefficient (Wildman–Crippen LogP) is 1.90. The van der Waals surface area contributed by atoms with Crippen LogP contribution in [0.1, 0.15) is 0 Å². The zero-order chi connectivity index (χ0) is 13.1. The first-order chi connectivity index (χ1) is 9.33. The minimum atomic E-state index is 1.06. The van der Waals surface area contributed by atoms with Gasteiger partial charge in [0.05, 0.1) is 11.9 Å². The molecule has 2 aromatic rings. The summed E-state index contributed by atoms with van der Waals surface area (Å²) >= 11 is 0. The van der Waals surface area contributed by atoms with Gasteiger partial charge in [-0.15, -0.1) is 0 Å². The zero-order valence-electron chi connectivity index (χ0n) is 11.2. The van der Waals surface area contributed by atoms with Gasteiger partial charge in [-0.05, 0) is 19.2 Å². The highest BCUT2D eigenvalue weighted by Crippen LogP contribution is 2.23. The Morgan fingerprint density at radius 1 is 0.947 bits per heavy atom. The Hall–Kier alpha value is -1.94. The fraction of sp³-hybridized carbons (Fsp3) is 0.333. The van der Waals surface area contributed by atoms with E-state index in [-0.39, 0.29) is 0 Å². The predicted molar refractivity (Wildman–Crippen MR) is 77.2 cm³/mol. The molecule has 0 unspecified atom stereocenters. The smallest absolute Gasteiger partial charge is 0.0559 e. The minimum Gasteiger partial charge on any atom is -0.368 e. The third kappa shape index (κ3) is 2.74. The van der Waals surface area contributed by atoms with E-state index in [9.17, 15) is 0 Å². The minimum absolute atomic E-state index is 1.06. The summed E-state index contributed by atoms with van der Waals surface area (Å²) in [6.07, 6.45) is 7.52. The Bertz CT molecular complexity index is 533. The highest BCUT2D eigenvalue weighted by Gasteiger charge is 2.14. The number of likely N-dealkylation sites (N-methyl/N-ethyl adjacent to an activating group) is 1. The molecule has 1 aliphatic rings. The summed E-state index contributed by atoms with van der Waals surface area (Å²) in [7, 11) is 2.17. The van der Waals surface area contributed by atoms with Crippen LogP contribution >= 0.6 is 0 Å². The lowest BCUT2D eigenvalue weighted by Gasteiger charge is -2.33. The highest BCUT2D eigenvalue weighted by atomic mass is 15.2. The van der Waals surface area contributed by atoms with Gasteiger partial charge in [0.2, 0.25) is 0 Å². The first kappa shape index (κ1) is 12.1. The van der Waals surface area contributed by atoms with Crippen molar-refractivity contribution in [1.82, 2.24) is 14.9 Å². The Kier molecular flexibility index (Phi) is 3.42. The third-order valence-electron chi connectivity index (χ3n) is 3.59. The van der Waals surface area contributed by atoms with Gasteiger partial charge in [0, 0.05) is 55.9 Å². The first-order valence-corrected chi connectivity index (χ1v) is 6.62. The Balaban J connectivity index is 1.84. The van der Waals surface area contributed by atoms with Gasteiger partial charge in [-0.1, -0.05) is 6.07 Å². The normalized spacial score (nSPS) is 16.6. The molecule has 4 nitrogen and oxygen atoms in total. The van der Waals surface area contributed by atoms with E-state index in [0.29, 0.717) is 0 Å². The topological polar surface area (TPSA) is 32.3 Å². The third-order valence-corrected chi connectivity index (χ3v) is 3.59. The molecule has 0 radical (unpaired) electrons. The van der Waals surface area contributed by atoms with Crippen LogP contribution in [0.2, 0.25) is 0 Å². The molecule has 98 valence electrons. The molecule has 0 bridgehead atoms. The molecule has 3 heterocycles. The zero-order valence-corrected chi connectivity index (χ0v) is 11.2. The molecule has 3 rings (SSSR count). The van der Waals surface area contributed by atoms with Crippen LogP contribution in [0.15, 0.2) is 43.0 Å². The number of nitrogens with zero attached hydrogens (tertiary/aromatic N) is 4. The molecule has 0 aliphatic carbocycles. The summed E-state index contributed by atoms with van der Waals surface area (Å²) in [5.41, 5.74) is 3.45. The summed E-state index contributed by atoms with van der Waals surface area (Å²) in [4.78, 5) is 13.3. The van der Waals surface area contributed by atoms with Crippen LogP contribution < -0.4 is 4.90 Å². The van der Waals surface area contributed by atoms with Gasteiger partial charge < -0.3 is 9.80 Å². The second-order valence-electron chi connectivity index (χ2n) is 4.96. The molecular weight excluding hydrogens is 236 g/mol. The van der Waals surface area contributed by atoms with Crippen LogP contribution in [-0.4, -0.2) is 48.1 Å². The average molecular weight is 254 g/mol. The van der Waals surface area contributed by atoms with Crippen molar-refractivity contribution in [3.8, 4) is 11.1 Å². The molecule has 0 saturated carbocycles. The van der Waals surface area contributed by atoms with Gasteiger partial charge in [0.25, 0.3) is 0 Å². The SMILES string of the molecule is CN1CCN(c2cncc(-c3cccnc3)c2)CC1. The molecule has 1 fully saturated rings. The van der Waals surface area contributed by atoms with Crippen molar-refractivity contribution in [2.24, 2.45) is 0 Å². The summed E-state index contributed by atoms with van der Waals surface area (Å²) in [5.74, 6) is 0. The van der Waals surface area contributed by atoms with Gasteiger partial charge in [0.15, 0.2) is 0 Å². The van der Waals surface area contributed by atoms with Gasteiger partial charge >= 0.3 is 0 Å². The van der Waals surface area contributed by atoms with Crippen LogP contribution in [0, 0.1) is 0 Å². The van der Waals surface area contributed by atoms with Crippen molar-refractivity contribution in [3.63, 3.8) is 0 Å². The van der Waals surface area contributed by atoms with Crippen molar-refractivity contribution < 1.29 is 0 Å². The van der Waals surface area contributed by atoms with Crippen molar-refractivity contribution in [1.29, 1.82) is 0 Å². The number of hydrogen-bond acceptors (Lipinski definition) is 4. The van der Waals surface area contributed by atoms with Crippen molar-refractivity contribution >= 4 is 5.69 Å². The van der Waals surface area contributed by atoms with Crippen LogP contribution in [-0.2, 0) is 0 Å². The van der Waals surface area contributed by atoms with Crippen LogP contribution in [0.25, 0.3) is 11.1 Å². The number of aromatic nitrogens is 2. The summed E-state index contributed by atoms with van der Waals surface area (Å²) in [5, 5.41) is 0. The Labute approximate surface area is 113 Å². The van der Waals surface area contributed by atoms with Crippen LogP contribution in [0.5, 0.6) is 0 Å². The summed E-state index contributed by atoms with van der Waals surface area (Å²) in [6.45, 7) is 4.34. The second-order valence-corrected chi connectivity index (χ2v) is 4.96. The maximum Gasteiger partial charge on any atom is 0.0559 e. The molecule has 0 atom stereocenters. The summed E-state index contributed by atoms with van der Waals surface area (Å²) < 4.78 is 0.